The van der Waals surface area contributed by atoms with Gasteiger partial charge in [0.05, 0.1) is 7.11 Å². The fraction of sp³-hybridized carbons (Fsp3) is 0.474. The summed E-state index contributed by atoms with van der Waals surface area (Å²) >= 11 is 0. The van der Waals surface area contributed by atoms with E-state index in [0.717, 1.165) is 5.56 Å². The van der Waals surface area contributed by atoms with Crippen molar-refractivity contribution in [1.82, 2.24) is 16.0 Å². The van der Waals surface area contributed by atoms with Gasteiger partial charge in [0.15, 0.2) is 0 Å². The Kier molecular flexibility index (Phi) is 8.94. The van der Waals surface area contributed by atoms with Crippen LogP contribution in [0.3, 0.4) is 0 Å². The number of amides is 3. The molecule has 1 rings (SSSR count). The van der Waals surface area contributed by atoms with Crippen molar-refractivity contribution in [3.63, 3.8) is 0 Å². The molecule has 1 aromatic carbocycles. The molecule has 0 heterocycles. The number of benzene rings is 1. The molecule has 3 N–H and O–H groups in total. The molecule has 0 unspecified atom stereocenters. The molecule has 1 aromatic rings. The van der Waals surface area contributed by atoms with Crippen LogP contribution in [0.25, 0.3) is 0 Å². The number of nitrogens with one attached hydrogen (secondary N) is 3. The first kappa shape index (κ1) is 22.9. The van der Waals surface area contributed by atoms with Gasteiger partial charge >= 0.3 is 12.1 Å². The van der Waals surface area contributed by atoms with Crippen molar-refractivity contribution < 1.29 is 28.7 Å². The third kappa shape index (κ3) is 9.56. The van der Waals surface area contributed by atoms with Gasteiger partial charge in [0, 0.05) is 6.42 Å². The molecule has 0 saturated heterocycles. The summed E-state index contributed by atoms with van der Waals surface area (Å²) in [5, 5.41) is 7.29. The minimum atomic E-state index is -0.931. The SMILES string of the molecule is COC(=O)CNC(=O)[C@H](Cc1ccccc1)NC(=O)CNC(=O)OC(C)(C)C. The molecular weight excluding hydrogens is 366 g/mol. The highest BCUT2D eigenvalue weighted by Gasteiger charge is 2.23. The summed E-state index contributed by atoms with van der Waals surface area (Å²) in [6, 6.07) is 8.14. The standard InChI is InChI=1S/C19H27N3O6/c1-19(2,3)28-18(26)21-11-15(23)22-14(10-13-8-6-5-7-9-13)17(25)20-12-16(24)27-4/h5-9,14H,10-12H2,1-4H3,(H,20,25)(H,21,26)(H,22,23)/t14-/m0/s1. The summed E-state index contributed by atoms with van der Waals surface area (Å²) < 4.78 is 9.53. The minimum Gasteiger partial charge on any atom is -0.468 e. The number of carbonyl (C=O) groups is 4. The normalized spacial score (nSPS) is 11.7. The van der Waals surface area contributed by atoms with Gasteiger partial charge in [-0.2, -0.15) is 0 Å². The van der Waals surface area contributed by atoms with Crippen LogP contribution in [-0.2, 0) is 30.3 Å². The number of carbonyl (C=O) groups excluding carboxylic acids is 4. The predicted octanol–water partition coefficient (Wildman–Crippen LogP) is 0.528. The van der Waals surface area contributed by atoms with E-state index in [1.165, 1.54) is 7.11 Å². The van der Waals surface area contributed by atoms with E-state index in [4.69, 9.17) is 4.74 Å². The highest BCUT2D eigenvalue weighted by atomic mass is 16.6. The maximum absolute atomic E-state index is 12.4. The Morgan fingerprint density at radius 2 is 1.64 bits per heavy atom. The van der Waals surface area contributed by atoms with Gasteiger partial charge in [0.1, 0.15) is 24.7 Å². The second kappa shape index (κ2) is 10.9. The maximum atomic E-state index is 12.4. The average molecular weight is 393 g/mol. The van der Waals surface area contributed by atoms with Crippen LogP contribution in [0, 0.1) is 0 Å². The summed E-state index contributed by atoms with van der Waals surface area (Å²) in [7, 11) is 1.21. The van der Waals surface area contributed by atoms with Crippen LogP contribution in [0.5, 0.6) is 0 Å². The van der Waals surface area contributed by atoms with Gasteiger partial charge in [0.25, 0.3) is 0 Å². The molecule has 0 aliphatic rings. The van der Waals surface area contributed by atoms with Crippen LogP contribution >= 0.6 is 0 Å². The molecule has 0 aromatic heterocycles. The fourth-order valence-corrected chi connectivity index (χ4v) is 2.13. The van der Waals surface area contributed by atoms with Gasteiger partial charge in [0.2, 0.25) is 11.8 Å². The molecule has 9 nitrogen and oxygen atoms in total. The third-order valence-electron chi connectivity index (χ3n) is 3.36. The van der Waals surface area contributed by atoms with E-state index >= 15 is 0 Å². The Morgan fingerprint density at radius 3 is 2.21 bits per heavy atom. The van der Waals surface area contributed by atoms with E-state index in [1.54, 1.807) is 20.8 Å². The van der Waals surface area contributed by atoms with Crippen molar-refractivity contribution >= 4 is 23.9 Å². The number of ether oxygens (including phenoxy) is 2. The lowest BCUT2D eigenvalue weighted by Gasteiger charge is -2.21. The molecule has 0 radical (unpaired) electrons. The molecule has 1 atom stereocenters. The van der Waals surface area contributed by atoms with E-state index in [0.29, 0.717) is 0 Å². The van der Waals surface area contributed by atoms with Crippen LogP contribution in [0.15, 0.2) is 30.3 Å². The Hall–Kier alpha value is -3.10. The number of hydrogen-bond donors (Lipinski definition) is 3. The van der Waals surface area contributed by atoms with Gasteiger partial charge in [-0.15, -0.1) is 0 Å². The summed E-state index contributed by atoms with van der Waals surface area (Å²) in [5.74, 6) is -1.72. The first-order valence-electron chi connectivity index (χ1n) is 8.75. The molecule has 0 aliphatic carbocycles. The summed E-state index contributed by atoms with van der Waals surface area (Å²) in [4.78, 5) is 47.4. The smallest absolute Gasteiger partial charge is 0.408 e. The van der Waals surface area contributed by atoms with E-state index in [-0.39, 0.29) is 19.5 Å². The average Bonchev–Trinajstić information content (AvgIpc) is 2.63. The lowest BCUT2D eigenvalue weighted by molar-refractivity contribution is -0.141. The van der Waals surface area contributed by atoms with Gasteiger partial charge < -0.3 is 25.4 Å². The van der Waals surface area contributed by atoms with E-state index in [2.05, 4.69) is 20.7 Å². The van der Waals surface area contributed by atoms with Crippen molar-refractivity contribution in [2.75, 3.05) is 20.2 Å². The predicted molar refractivity (Wildman–Crippen MR) is 101 cm³/mol. The number of hydrogen-bond acceptors (Lipinski definition) is 6. The largest absolute Gasteiger partial charge is 0.468 e. The maximum Gasteiger partial charge on any atom is 0.408 e. The number of esters is 1. The van der Waals surface area contributed by atoms with Gasteiger partial charge in [-0.25, -0.2) is 4.79 Å². The van der Waals surface area contributed by atoms with E-state index in [1.807, 2.05) is 30.3 Å². The Bertz CT molecular complexity index is 685. The first-order valence-corrected chi connectivity index (χ1v) is 8.75. The number of methoxy groups -OCH3 is 1. The summed E-state index contributed by atoms with van der Waals surface area (Å²) in [6.07, 6.45) is -0.524. The quantitative estimate of drug-likeness (QED) is 0.554. The first-order chi connectivity index (χ1) is 13.1. The molecule has 0 aliphatic heterocycles. The molecule has 0 spiro atoms. The van der Waals surface area contributed by atoms with Gasteiger partial charge in [-0.05, 0) is 26.3 Å². The van der Waals surface area contributed by atoms with Crippen molar-refractivity contribution in [2.45, 2.75) is 38.8 Å². The van der Waals surface area contributed by atoms with Gasteiger partial charge in [-0.1, -0.05) is 30.3 Å². The van der Waals surface area contributed by atoms with Gasteiger partial charge in [-0.3, -0.25) is 14.4 Å². The summed E-state index contributed by atoms with van der Waals surface area (Å²) in [6.45, 7) is 4.44. The molecule has 0 bridgehead atoms. The van der Waals surface area contributed by atoms with E-state index in [9.17, 15) is 19.2 Å². The number of rotatable bonds is 8. The molecular formula is C19H27N3O6. The third-order valence-corrected chi connectivity index (χ3v) is 3.36. The van der Waals surface area contributed by atoms with Crippen LogP contribution in [-0.4, -0.2) is 55.7 Å². The Balaban J connectivity index is 2.67. The lowest BCUT2D eigenvalue weighted by atomic mass is 10.1. The monoisotopic (exact) mass is 393 g/mol. The molecule has 0 saturated carbocycles. The van der Waals surface area contributed by atoms with Crippen LogP contribution in [0.4, 0.5) is 4.79 Å². The topological polar surface area (TPSA) is 123 Å². The highest BCUT2D eigenvalue weighted by Crippen LogP contribution is 2.06. The van der Waals surface area contributed by atoms with Crippen LogP contribution < -0.4 is 16.0 Å². The molecule has 28 heavy (non-hydrogen) atoms. The highest BCUT2D eigenvalue weighted by molar-refractivity contribution is 5.91. The van der Waals surface area contributed by atoms with Crippen LogP contribution in [0.1, 0.15) is 26.3 Å². The Labute approximate surface area is 164 Å². The van der Waals surface area contributed by atoms with Crippen molar-refractivity contribution in [3.8, 4) is 0 Å². The zero-order chi connectivity index (χ0) is 21.2. The van der Waals surface area contributed by atoms with E-state index < -0.39 is 35.5 Å². The van der Waals surface area contributed by atoms with Crippen molar-refractivity contribution in [3.05, 3.63) is 35.9 Å². The zero-order valence-corrected chi connectivity index (χ0v) is 16.5. The summed E-state index contributed by atoms with van der Waals surface area (Å²) in [5.41, 5.74) is 0.130. The van der Waals surface area contributed by atoms with Crippen molar-refractivity contribution in [2.24, 2.45) is 0 Å². The Morgan fingerprint density at radius 1 is 1.00 bits per heavy atom. The van der Waals surface area contributed by atoms with Crippen LogP contribution in [0.2, 0.25) is 0 Å². The molecule has 154 valence electrons. The lowest BCUT2D eigenvalue weighted by Crippen LogP contribution is -2.51. The fourth-order valence-electron chi connectivity index (χ4n) is 2.13. The molecule has 9 heteroatoms. The zero-order valence-electron chi connectivity index (χ0n) is 16.5. The minimum absolute atomic E-state index is 0.214. The second-order valence-electron chi connectivity index (χ2n) is 6.96. The molecule has 0 fully saturated rings. The molecule has 3 amide bonds. The number of alkyl carbamates (subject to hydrolysis) is 1. The van der Waals surface area contributed by atoms with Crippen molar-refractivity contribution in [1.29, 1.82) is 0 Å². The second-order valence-corrected chi connectivity index (χ2v) is 6.96.